The second-order valence-electron chi connectivity index (χ2n) is 14.1. The summed E-state index contributed by atoms with van der Waals surface area (Å²) in [7, 11) is 0. The maximum Gasteiger partial charge on any atom is 0.265 e. The number of aromatic nitrogens is 2. The molecule has 56 heavy (non-hydrogen) atoms. The molecular formula is C41H34Cl2N6O7. The van der Waals surface area contributed by atoms with E-state index in [2.05, 4.69) is 22.2 Å². The van der Waals surface area contributed by atoms with E-state index in [1.54, 1.807) is 32.9 Å². The number of benzene rings is 4. The summed E-state index contributed by atoms with van der Waals surface area (Å²) in [4.78, 5) is 41.7. The maximum atomic E-state index is 12.5. The van der Waals surface area contributed by atoms with Crippen molar-refractivity contribution in [1.29, 1.82) is 0 Å². The Morgan fingerprint density at radius 2 is 1.23 bits per heavy atom. The minimum absolute atomic E-state index is 0.0331. The number of anilines is 2. The second-order valence-corrected chi connectivity index (χ2v) is 14.9. The standard InChI is InChI=1S/C22H18ClN3O4.C19H16ClN3O3/c1-2-20(27)25-9-13(10-25)11-26-18-8-16(23)15(7-19(18)29-12-21(26)28)22-14-5-3-4-6-17(14)24-30-22;20-14-6-16-17(25-10-18(24)23(16)9-11-7-21-8-11)5-13(14)19-12-3-1-2-4-15(12)22-26-19/h2-8,13H,1,9-12H2;1-6,11,21H,7-10H2. The van der Waals surface area contributed by atoms with Gasteiger partial charge >= 0.3 is 0 Å². The van der Waals surface area contributed by atoms with E-state index in [4.69, 9.17) is 41.7 Å². The van der Waals surface area contributed by atoms with E-state index in [0.29, 0.717) is 87.7 Å². The van der Waals surface area contributed by atoms with Crippen LogP contribution in [0.25, 0.3) is 44.5 Å². The van der Waals surface area contributed by atoms with Gasteiger partial charge in [0.15, 0.2) is 24.7 Å². The number of amides is 3. The zero-order chi connectivity index (χ0) is 38.5. The Morgan fingerprint density at radius 1 is 0.750 bits per heavy atom. The van der Waals surface area contributed by atoms with E-state index in [1.165, 1.54) is 6.08 Å². The van der Waals surface area contributed by atoms with Crippen molar-refractivity contribution >= 4 is 74.1 Å². The molecule has 2 fully saturated rings. The van der Waals surface area contributed by atoms with Gasteiger partial charge in [0.05, 0.1) is 21.4 Å². The van der Waals surface area contributed by atoms with Crippen LogP contribution >= 0.6 is 23.2 Å². The van der Waals surface area contributed by atoms with Gasteiger partial charge in [-0.05, 0) is 54.6 Å². The van der Waals surface area contributed by atoms with Crippen LogP contribution in [0.4, 0.5) is 11.4 Å². The molecule has 0 saturated carbocycles. The van der Waals surface area contributed by atoms with Crippen LogP contribution in [0.5, 0.6) is 11.5 Å². The fourth-order valence-corrected chi connectivity index (χ4v) is 7.83. The zero-order valence-electron chi connectivity index (χ0n) is 29.9. The van der Waals surface area contributed by atoms with Crippen molar-refractivity contribution in [3.05, 3.63) is 95.5 Å². The van der Waals surface area contributed by atoms with Gasteiger partial charge in [0.1, 0.15) is 22.5 Å². The number of halogens is 2. The Labute approximate surface area is 330 Å². The van der Waals surface area contributed by atoms with Crippen LogP contribution in [0.2, 0.25) is 10.0 Å². The normalized spacial score (nSPS) is 16.6. The predicted molar refractivity (Wildman–Crippen MR) is 211 cm³/mol. The SMILES string of the molecule is C=CC(=O)N1CC(CN2C(=O)COc3cc(-c4onc5ccccc45)c(Cl)cc32)C1.O=C1COc2cc(-c3onc4ccccc34)c(Cl)cc2N1CC1CNC1. The predicted octanol–water partition coefficient (Wildman–Crippen LogP) is 6.61. The molecule has 0 atom stereocenters. The zero-order valence-corrected chi connectivity index (χ0v) is 31.4. The molecule has 1 N–H and O–H groups in total. The van der Waals surface area contributed by atoms with Crippen molar-refractivity contribution in [3.63, 3.8) is 0 Å². The van der Waals surface area contributed by atoms with Gasteiger partial charge < -0.3 is 38.5 Å². The quantitative estimate of drug-likeness (QED) is 0.176. The highest BCUT2D eigenvalue weighted by Crippen LogP contribution is 2.44. The summed E-state index contributed by atoms with van der Waals surface area (Å²) in [5, 5.41) is 14.1. The fraction of sp³-hybridized carbons (Fsp3) is 0.244. The van der Waals surface area contributed by atoms with Crippen molar-refractivity contribution in [2.75, 3.05) is 62.3 Å². The smallest absolute Gasteiger partial charge is 0.265 e. The molecule has 3 amide bonds. The monoisotopic (exact) mass is 792 g/mol. The van der Waals surface area contributed by atoms with E-state index < -0.39 is 0 Å². The average molecular weight is 794 g/mol. The fourth-order valence-electron chi connectivity index (χ4n) is 7.35. The number of nitrogens with zero attached hydrogens (tertiary/aromatic N) is 5. The van der Waals surface area contributed by atoms with E-state index in [-0.39, 0.29) is 36.9 Å². The summed E-state index contributed by atoms with van der Waals surface area (Å²) < 4.78 is 22.4. The summed E-state index contributed by atoms with van der Waals surface area (Å²) >= 11 is 13.1. The molecule has 6 heterocycles. The third kappa shape index (κ3) is 6.51. The molecule has 4 aromatic carbocycles. The topological polar surface area (TPSA) is 143 Å². The van der Waals surface area contributed by atoms with Crippen LogP contribution in [-0.4, -0.2) is 85.4 Å². The third-order valence-electron chi connectivity index (χ3n) is 10.4. The highest BCUT2D eigenvalue weighted by Gasteiger charge is 2.36. The Morgan fingerprint density at radius 3 is 1.70 bits per heavy atom. The molecule has 2 aromatic heterocycles. The molecule has 284 valence electrons. The van der Waals surface area contributed by atoms with Crippen LogP contribution in [-0.2, 0) is 14.4 Å². The highest BCUT2D eigenvalue weighted by molar-refractivity contribution is 6.34. The number of nitrogens with one attached hydrogen (secondary N) is 1. The van der Waals surface area contributed by atoms with Crippen molar-refractivity contribution in [2.45, 2.75) is 0 Å². The summed E-state index contributed by atoms with van der Waals surface area (Å²) in [5.41, 5.74) is 4.21. The number of carbonyl (C=O) groups is 3. The first-order valence-electron chi connectivity index (χ1n) is 18.1. The van der Waals surface area contributed by atoms with Gasteiger partial charge in [0.2, 0.25) is 5.91 Å². The van der Waals surface area contributed by atoms with E-state index in [1.807, 2.05) is 54.6 Å². The number of rotatable bonds is 7. The minimum atomic E-state index is -0.134. The van der Waals surface area contributed by atoms with Gasteiger partial charge in [-0.2, -0.15) is 0 Å². The largest absolute Gasteiger partial charge is 0.482 e. The number of fused-ring (bicyclic) bond motifs is 4. The van der Waals surface area contributed by atoms with Crippen molar-refractivity contribution < 1.29 is 32.9 Å². The summed E-state index contributed by atoms with van der Waals surface area (Å²) in [6.07, 6.45) is 1.31. The van der Waals surface area contributed by atoms with Gasteiger partial charge in [-0.15, -0.1) is 0 Å². The second kappa shape index (κ2) is 14.6. The van der Waals surface area contributed by atoms with E-state index in [9.17, 15) is 14.4 Å². The molecule has 6 aromatic rings. The van der Waals surface area contributed by atoms with E-state index >= 15 is 0 Å². The Balaban J connectivity index is 0.000000148. The average Bonchev–Trinajstić information content (AvgIpc) is 3.80. The molecule has 15 heteroatoms. The van der Waals surface area contributed by atoms with Crippen LogP contribution in [0.3, 0.4) is 0 Å². The number of likely N-dealkylation sites (tertiary alicyclic amines) is 1. The molecule has 0 aliphatic carbocycles. The van der Waals surface area contributed by atoms with E-state index in [0.717, 1.165) is 34.9 Å². The molecule has 4 aliphatic heterocycles. The Hall–Kier alpha value is -5.89. The van der Waals surface area contributed by atoms with Gasteiger partial charge in [-0.25, -0.2) is 0 Å². The maximum absolute atomic E-state index is 12.5. The third-order valence-corrected chi connectivity index (χ3v) is 11.1. The number of ether oxygens (including phenoxy) is 2. The highest BCUT2D eigenvalue weighted by atomic mass is 35.5. The van der Waals surface area contributed by atoms with Crippen molar-refractivity contribution in [1.82, 2.24) is 20.5 Å². The summed E-state index contributed by atoms with van der Waals surface area (Å²) in [6, 6.07) is 22.4. The van der Waals surface area contributed by atoms with Crippen LogP contribution in [0.1, 0.15) is 0 Å². The first-order chi connectivity index (χ1) is 27.2. The lowest BCUT2D eigenvalue weighted by atomic mass is 9.98. The minimum Gasteiger partial charge on any atom is -0.482 e. The molecular weight excluding hydrogens is 759 g/mol. The molecule has 0 unspecified atom stereocenters. The van der Waals surface area contributed by atoms with Crippen LogP contribution in [0.15, 0.2) is 94.5 Å². The van der Waals surface area contributed by atoms with Crippen LogP contribution in [0, 0.1) is 11.8 Å². The lowest BCUT2D eigenvalue weighted by molar-refractivity contribution is -0.132. The number of hydrogen-bond donors (Lipinski definition) is 1. The van der Waals surface area contributed by atoms with Crippen molar-refractivity contribution in [2.24, 2.45) is 11.8 Å². The molecule has 13 nitrogen and oxygen atoms in total. The molecule has 4 aliphatic rings. The lowest BCUT2D eigenvalue weighted by Crippen LogP contribution is -2.55. The number of carbonyl (C=O) groups excluding carboxylic acids is 3. The van der Waals surface area contributed by atoms with Gasteiger partial charge in [-0.3, -0.25) is 14.4 Å². The molecule has 0 bridgehead atoms. The molecule has 0 radical (unpaired) electrons. The molecule has 0 spiro atoms. The van der Waals surface area contributed by atoms with Gasteiger partial charge in [-0.1, -0.05) is 64.4 Å². The first kappa shape index (κ1) is 35.8. The first-order valence-corrected chi connectivity index (χ1v) is 18.9. The number of hydrogen-bond acceptors (Lipinski definition) is 10. The Kier molecular flexibility index (Phi) is 9.36. The van der Waals surface area contributed by atoms with Gasteiger partial charge in [0.25, 0.3) is 11.8 Å². The molecule has 2 saturated heterocycles. The lowest BCUT2D eigenvalue weighted by Gasteiger charge is -2.42. The summed E-state index contributed by atoms with van der Waals surface area (Å²) in [5.74, 6) is 2.74. The van der Waals surface area contributed by atoms with Gasteiger partial charge in [0, 0.05) is 73.0 Å². The van der Waals surface area contributed by atoms with Crippen molar-refractivity contribution in [3.8, 4) is 34.1 Å². The van der Waals surface area contributed by atoms with Crippen LogP contribution < -0.4 is 24.6 Å². The summed E-state index contributed by atoms with van der Waals surface area (Å²) in [6.45, 7) is 7.71. The molecule has 10 rings (SSSR count). The Bertz CT molecular complexity index is 2540.